The molecular weight excluding hydrogens is 449 g/mol. The van der Waals surface area contributed by atoms with E-state index in [0.29, 0.717) is 23.7 Å². The molecule has 182 valence electrons. The number of amides is 1. The number of hydrogen-bond donors (Lipinski definition) is 3. The first-order chi connectivity index (χ1) is 16.2. The van der Waals surface area contributed by atoms with Gasteiger partial charge in [0.15, 0.2) is 0 Å². The first kappa shape index (κ1) is 23.0. The maximum atomic E-state index is 13.2. The number of rotatable bonds is 6. The van der Waals surface area contributed by atoms with Crippen molar-refractivity contribution >= 4 is 5.91 Å². The summed E-state index contributed by atoms with van der Waals surface area (Å²) in [5.41, 5.74) is 4.01. The van der Waals surface area contributed by atoms with Crippen LogP contribution < -0.4 is 20.8 Å². The molecule has 1 aliphatic carbocycles. The Kier molecular flexibility index (Phi) is 5.95. The highest BCUT2D eigenvalue weighted by atomic mass is 19.4. The van der Waals surface area contributed by atoms with Crippen LogP contribution >= 0.6 is 0 Å². The largest absolute Gasteiger partial charge is 0.495 e. The van der Waals surface area contributed by atoms with Gasteiger partial charge >= 0.3 is 6.18 Å². The quantitative estimate of drug-likeness (QED) is 0.590. The molecule has 4 heterocycles. The van der Waals surface area contributed by atoms with Crippen molar-refractivity contribution in [2.45, 2.75) is 56.8 Å². The summed E-state index contributed by atoms with van der Waals surface area (Å²) in [6.07, 6.45) is 0.341. The van der Waals surface area contributed by atoms with Crippen LogP contribution in [-0.4, -0.2) is 46.4 Å². The average Bonchev–Trinajstić information content (AvgIpc) is 3.59. The van der Waals surface area contributed by atoms with Gasteiger partial charge in [-0.15, -0.1) is 0 Å². The van der Waals surface area contributed by atoms with E-state index >= 15 is 0 Å². The highest BCUT2D eigenvalue weighted by Crippen LogP contribution is 2.43. The molecule has 11 heteroatoms. The number of methoxy groups -OCH3 is 1. The van der Waals surface area contributed by atoms with E-state index in [0.717, 1.165) is 24.6 Å². The molecule has 2 aromatic heterocycles. The number of carbonyl (C=O) groups is 1. The molecule has 0 aromatic carbocycles. The molecule has 3 aliphatic rings. The molecule has 5 atom stereocenters. The van der Waals surface area contributed by atoms with Gasteiger partial charge in [0.25, 0.3) is 0 Å². The Hall–Kier alpha value is -2.76. The first-order valence-electron chi connectivity index (χ1n) is 11.4. The molecule has 4 unspecified atom stereocenters. The molecule has 8 nitrogen and oxygen atoms in total. The van der Waals surface area contributed by atoms with Crippen LogP contribution in [0.15, 0.2) is 36.7 Å². The molecule has 1 saturated carbocycles. The molecule has 34 heavy (non-hydrogen) atoms. The molecule has 2 aromatic rings. The summed E-state index contributed by atoms with van der Waals surface area (Å²) in [4.78, 5) is 21.2. The summed E-state index contributed by atoms with van der Waals surface area (Å²) in [7, 11) is 1.57. The highest BCUT2D eigenvalue weighted by Gasteiger charge is 2.55. The summed E-state index contributed by atoms with van der Waals surface area (Å²) < 4.78 is 44.0. The van der Waals surface area contributed by atoms with Crippen LogP contribution in [0, 0.1) is 11.8 Å². The molecule has 0 radical (unpaired) electrons. The molecule has 2 saturated heterocycles. The number of fused-ring (bicyclic) bond motifs is 1. The van der Waals surface area contributed by atoms with Crippen molar-refractivity contribution in [3.63, 3.8) is 0 Å². The summed E-state index contributed by atoms with van der Waals surface area (Å²) >= 11 is 0. The maximum absolute atomic E-state index is 13.2. The SMILES string of the molecule is COc1ccc(CC2NC(=O)C3C(C4CC4)NN([C@H](C)c4ccc(C(F)(F)F)nc4)C3N2)nc1. The molecular formula is C23H27F3N6O2. The fourth-order valence-corrected chi connectivity index (χ4v) is 4.87. The molecule has 0 spiro atoms. The summed E-state index contributed by atoms with van der Waals surface area (Å²) in [5.74, 6) is 0.717. The number of ether oxygens (including phenoxy) is 1. The molecule has 2 aliphatic heterocycles. The third kappa shape index (κ3) is 4.47. The minimum Gasteiger partial charge on any atom is -0.495 e. The highest BCUT2D eigenvalue weighted by molar-refractivity contribution is 5.81. The Morgan fingerprint density at radius 2 is 1.97 bits per heavy atom. The molecule has 5 rings (SSSR count). The zero-order valence-electron chi connectivity index (χ0n) is 18.8. The lowest BCUT2D eigenvalue weighted by molar-refractivity contribution is -0.141. The van der Waals surface area contributed by atoms with E-state index in [-0.39, 0.29) is 36.2 Å². The van der Waals surface area contributed by atoms with Crippen LogP contribution in [0.3, 0.4) is 0 Å². The van der Waals surface area contributed by atoms with Gasteiger partial charge in [0, 0.05) is 30.4 Å². The number of carbonyl (C=O) groups excluding carboxylic acids is 1. The van der Waals surface area contributed by atoms with Gasteiger partial charge in [0.2, 0.25) is 5.91 Å². The van der Waals surface area contributed by atoms with Crippen LogP contribution in [0.4, 0.5) is 13.2 Å². The lowest BCUT2D eigenvalue weighted by Gasteiger charge is -2.39. The smallest absolute Gasteiger partial charge is 0.433 e. The summed E-state index contributed by atoms with van der Waals surface area (Å²) in [6.45, 7) is 1.90. The van der Waals surface area contributed by atoms with Gasteiger partial charge in [-0.25, -0.2) is 10.4 Å². The summed E-state index contributed by atoms with van der Waals surface area (Å²) in [5, 5.41) is 8.57. The number of nitrogens with one attached hydrogen (secondary N) is 3. The lowest BCUT2D eigenvalue weighted by atomic mass is 9.91. The van der Waals surface area contributed by atoms with E-state index < -0.39 is 11.9 Å². The van der Waals surface area contributed by atoms with E-state index in [9.17, 15) is 18.0 Å². The Balaban J connectivity index is 1.36. The van der Waals surface area contributed by atoms with E-state index in [1.165, 1.54) is 12.3 Å². The van der Waals surface area contributed by atoms with Crippen molar-refractivity contribution < 1.29 is 22.7 Å². The van der Waals surface area contributed by atoms with Gasteiger partial charge < -0.3 is 10.1 Å². The Morgan fingerprint density at radius 3 is 2.56 bits per heavy atom. The van der Waals surface area contributed by atoms with Crippen molar-refractivity contribution in [1.82, 2.24) is 31.0 Å². The molecule has 1 amide bonds. The van der Waals surface area contributed by atoms with Crippen LogP contribution in [0.25, 0.3) is 0 Å². The second kappa shape index (κ2) is 8.79. The average molecular weight is 477 g/mol. The second-order valence-corrected chi connectivity index (χ2v) is 9.14. The predicted octanol–water partition coefficient (Wildman–Crippen LogP) is 2.39. The minimum absolute atomic E-state index is 0.0255. The predicted molar refractivity (Wildman–Crippen MR) is 116 cm³/mol. The monoisotopic (exact) mass is 476 g/mol. The maximum Gasteiger partial charge on any atom is 0.433 e. The second-order valence-electron chi connectivity index (χ2n) is 9.14. The van der Waals surface area contributed by atoms with Crippen LogP contribution in [0.1, 0.15) is 42.8 Å². The van der Waals surface area contributed by atoms with Crippen molar-refractivity contribution in [2.75, 3.05) is 7.11 Å². The number of hydrogen-bond acceptors (Lipinski definition) is 7. The number of nitrogens with zero attached hydrogens (tertiary/aromatic N) is 3. The fourth-order valence-electron chi connectivity index (χ4n) is 4.87. The van der Waals surface area contributed by atoms with E-state index in [1.807, 2.05) is 24.1 Å². The number of hydrazine groups is 1. The normalized spacial score (nSPS) is 28.3. The zero-order chi connectivity index (χ0) is 24.0. The minimum atomic E-state index is -4.48. The van der Waals surface area contributed by atoms with Crippen LogP contribution in [0.2, 0.25) is 0 Å². The molecule has 3 N–H and O–H groups in total. The number of alkyl halides is 3. The Bertz CT molecular complexity index is 1030. The number of aromatic nitrogens is 2. The van der Waals surface area contributed by atoms with E-state index in [4.69, 9.17) is 4.74 Å². The van der Waals surface area contributed by atoms with Crippen molar-refractivity contribution in [3.05, 3.63) is 53.6 Å². The summed E-state index contributed by atoms with van der Waals surface area (Å²) in [6, 6.07) is 5.79. The third-order valence-corrected chi connectivity index (χ3v) is 6.87. The number of pyridine rings is 2. The van der Waals surface area contributed by atoms with Gasteiger partial charge in [0.05, 0.1) is 31.6 Å². The standard InChI is InChI=1S/C23H27F3N6O2/c1-12(14-5-8-17(28-10-14)23(24,25)26)32-21-19(20(31-32)13-3-4-13)22(33)30-18(29-21)9-15-6-7-16(34-2)11-27-15/h5-8,10-13,18-21,29,31H,3-4,9H2,1-2H3,(H,30,33)/t12-,18?,19?,20?,21?/m1/s1. The third-order valence-electron chi connectivity index (χ3n) is 6.87. The number of halogens is 3. The zero-order valence-corrected chi connectivity index (χ0v) is 18.8. The van der Waals surface area contributed by atoms with E-state index in [1.54, 1.807) is 13.3 Å². The van der Waals surface area contributed by atoms with Crippen LogP contribution in [0.5, 0.6) is 5.75 Å². The Morgan fingerprint density at radius 1 is 1.18 bits per heavy atom. The van der Waals surface area contributed by atoms with Crippen LogP contribution in [-0.2, 0) is 17.4 Å². The molecule has 0 bridgehead atoms. The lowest BCUT2D eigenvalue weighted by Crippen LogP contribution is -2.65. The van der Waals surface area contributed by atoms with E-state index in [2.05, 4.69) is 26.0 Å². The Labute approximate surface area is 195 Å². The van der Waals surface area contributed by atoms with Gasteiger partial charge in [-0.05, 0) is 49.4 Å². The van der Waals surface area contributed by atoms with Gasteiger partial charge in [-0.3, -0.25) is 20.1 Å². The topological polar surface area (TPSA) is 91.4 Å². The fraction of sp³-hybridized carbons (Fsp3) is 0.522. The van der Waals surface area contributed by atoms with Crippen molar-refractivity contribution in [2.24, 2.45) is 11.8 Å². The van der Waals surface area contributed by atoms with Crippen molar-refractivity contribution in [1.29, 1.82) is 0 Å². The van der Waals surface area contributed by atoms with Gasteiger partial charge in [0.1, 0.15) is 11.4 Å². The molecule has 3 fully saturated rings. The van der Waals surface area contributed by atoms with Gasteiger partial charge in [-0.1, -0.05) is 6.07 Å². The van der Waals surface area contributed by atoms with Crippen molar-refractivity contribution in [3.8, 4) is 5.75 Å². The van der Waals surface area contributed by atoms with Gasteiger partial charge in [-0.2, -0.15) is 13.2 Å². The first-order valence-corrected chi connectivity index (χ1v) is 11.4.